The van der Waals surface area contributed by atoms with E-state index < -0.39 is 28.9 Å². The molecule has 6 heteroatoms. The van der Waals surface area contributed by atoms with Crippen LogP contribution in [-0.2, 0) is 4.74 Å². The number of esters is 1. The van der Waals surface area contributed by atoms with Gasteiger partial charge in [-0.2, -0.15) is 9.65 Å². The maximum Gasteiger partial charge on any atom is 0.343 e. The standard InChI is InChI=1S/C23H23F2NO3/c1-2-13-28-19-10-7-16(8-11-19)15-3-5-17(6-4-15)23(27)29-20-12-9-18(14-26)21(24)22(20)25/h3-6,9,12,16,19H,2,7-8,10-11,13H2,1H3. The summed E-state index contributed by atoms with van der Waals surface area (Å²) in [5, 5.41) is 8.71. The molecule has 0 spiro atoms. The van der Waals surface area contributed by atoms with Crippen molar-refractivity contribution in [2.24, 2.45) is 0 Å². The van der Waals surface area contributed by atoms with Crippen LogP contribution in [0.3, 0.4) is 0 Å². The molecule has 1 saturated carbocycles. The third-order valence-corrected chi connectivity index (χ3v) is 5.22. The Bertz CT molecular complexity index is 898. The molecule has 2 aromatic rings. The third-order valence-electron chi connectivity index (χ3n) is 5.22. The Morgan fingerprint density at radius 1 is 1.07 bits per heavy atom. The monoisotopic (exact) mass is 399 g/mol. The summed E-state index contributed by atoms with van der Waals surface area (Å²) in [4.78, 5) is 12.3. The number of halogens is 2. The van der Waals surface area contributed by atoms with Crippen LogP contribution in [0.15, 0.2) is 36.4 Å². The summed E-state index contributed by atoms with van der Waals surface area (Å²) < 4.78 is 38.4. The molecule has 1 aliphatic rings. The highest BCUT2D eigenvalue weighted by Gasteiger charge is 2.23. The Morgan fingerprint density at radius 2 is 1.76 bits per heavy atom. The summed E-state index contributed by atoms with van der Waals surface area (Å²) >= 11 is 0. The van der Waals surface area contributed by atoms with Crippen LogP contribution >= 0.6 is 0 Å². The number of rotatable bonds is 6. The van der Waals surface area contributed by atoms with Crippen LogP contribution in [-0.4, -0.2) is 18.7 Å². The molecule has 2 aromatic carbocycles. The molecule has 0 atom stereocenters. The number of nitriles is 1. The van der Waals surface area contributed by atoms with Gasteiger partial charge in [0.25, 0.3) is 0 Å². The van der Waals surface area contributed by atoms with Crippen LogP contribution in [0, 0.1) is 23.0 Å². The van der Waals surface area contributed by atoms with Gasteiger partial charge in [-0.25, -0.2) is 9.18 Å². The van der Waals surface area contributed by atoms with Gasteiger partial charge in [0, 0.05) is 6.61 Å². The van der Waals surface area contributed by atoms with Crippen molar-refractivity contribution in [1.82, 2.24) is 0 Å². The van der Waals surface area contributed by atoms with E-state index in [0.29, 0.717) is 12.0 Å². The summed E-state index contributed by atoms with van der Waals surface area (Å²) in [6.07, 6.45) is 5.48. The summed E-state index contributed by atoms with van der Waals surface area (Å²) in [5.41, 5.74) is 0.949. The fraction of sp³-hybridized carbons (Fsp3) is 0.391. The minimum atomic E-state index is -1.35. The molecule has 3 rings (SSSR count). The normalized spacial score (nSPS) is 18.8. The Kier molecular flexibility index (Phi) is 6.95. The van der Waals surface area contributed by atoms with E-state index in [9.17, 15) is 13.6 Å². The highest BCUT2D eigenvalue weighted by molar-refractivity contribution is 5.91. The second kappa shape index (κ2) is 9.62. The highest BCUT2D eigenvalue weighted by Crippen LogP contribution is 2.34. The first-order chi connectivity index (χ1) is 14.0. The quantitative estimate of drug-likeness (QED) is 0.475. The molecule has 0 aromatic heterocycles. The predicted molar refractivity (Wildman–Crippen MR) is 104 cm³/mol. The van der Waals surface area contributed by atoms with Gasteiger partial charge in [0.05, 0.1) is 17.2 Å². The molecule has 0 aliphatic heterocycles. The molecule has 0 radical (unpaired) electrons. The molecule has 0 bridgehead atoms. The topological polar surface area (TPSA) is 59.3 Å². The first-order valence-corrected chi connectivity index (χ1v) is 9.85. The number of nitrogens with zero attached hydrogens (tertiary/aromatic N) is 1. The van der Waals surface area contributed by atoms with Crippen molar-refractivity contribution in [3.8, 4) is 11.8 Å². The Labute approximate surface area is 169 Å². The molecule has 0 N–H and O–H groups in total. The van der Waals surface area contributed by atoms with E-state index in [4.69, 9.17) is 14.7 Å². The van der Waals surface area contributed by atoms with Crippen LogP contribution in [0.25, 0.3) is 0 Å². The van der Waals surface area contributed by atoms with Gasteiger partial charge in [-0.3, -0.25) is 0 Å². The van der Waals surface area contributed by atoms with Gasteiger partial charge in [-0.1, -0.05) is 19.1 Å². The fourth-order valence-corrected chi connectivity index (χ4v) is 3.59. The van der Waals surface area contributed by atoms with E-state index in [1.54, 1.807) is 12.1 Å². The van der Waals surface area contributed by atoms with Crippen LogP contribution in [0.2, 0.25) is 0 Å². The number of ether oxygens (including phenoxy) is 2. The number of hydrogen-bond acceptors (Lipinski definition) is 4. The largest absolute Gasteiger partial charge is 0.420 e. The zero-order chi connectivity index (χ0) is 20.8. The lowest BCUT2D eigenvalue weighted by atomic mass is 9.82. The lowest BCUT2D eigenvalue weighted by Crippen LogP contribution is -2.21. The predicted octanol–water partition coefficient (Wildman–Crippen LogP) is 5.51. The zero-order valence-electron chi connectivity index (χ0n) is 16.3. The van der Waals surface area contributed by atoms with Crippen molar-refractivity contribution in [2.75, 3.05) is 6.61 Å². The number of hydrogen-bond donors (Lipinski definition) is 0. The van der Waals surface area contributed by atoms with E-state index in [-0.39, 0.29) is 5.56 Å². The van der Waals surface area contributed by atoms with Crippen molar-refractivity contribution in [1.29, 1.82) is 5.26 Å². The van der Waals surface area contributed by atoms with Crippen LogP contribution in [0.1, 0.15) is 66.4 Å². The first-order valence-electron chi connectivity index (χ1n) is 9.85. The average Bonchev–Trinajstić information content (AvgIpc) is 2.76. The van der Waals surface area contributed by atoms with Crippen molar-refractivity contribution < 1.29 is 23.0 Å². The minimum absolute atomic E-state index is 0.248. The SMILES string of the molecule is CCCOC1CCC(c2ccc(C(=O)Oc3ccc(C#N)c(F)c3F)cc2)CC1. The molecule has 1 fully saturated rings. The average molecular weight is 399 g/mol. The fourth-order valence-electron chi connectivity index (χ4n) is 3.59. The Morgan fingerprint density at radius 3 is 2.38 bits per heavy atom. The first kappa shape index (κ1) is 20.9. The van der Waals surface area contributed by atoms with E-state index in [2.05, 4.69) is 6.92 Å². The number of carbonyl (C=O) groups excluding carboxylic acids is 1. The maximum absolute atomic E-state index is 13.9. The summed E-state index contributed by atoms with van der Waals surface area (Å²) in [6.45, 7) is 2.90. The van der Waals surface area contributed by atoms with E-state index in [1.165, 1.54) is 6.07 Å². The highest BCUT2D eigenvalue weighted by atomic mass is 19.2. The molecule has 0 amide bonds. The van der Waals surface area contributed by atoms with E-state index in [1.807, 2.05) is 12.1 Å². The van der Waals surface area contributed by atoms with Gasteiger partial charge in [-0.05, 0) is 67.9 Å². The Balaban J connectivity index is 1.61. The van der Waals surface area contributed by atoms with E-state index >= 15 is 0 Å². The molecular weight excluding hydrogens is 376 g/mol. The lowest BCUT2D eigenvalue weighted by Gasteiger charge is -2.28. The van der Waals surface area contributed by atoms with Gasteiger partial charge in [0.1, 0.15) is 6.07 Å². The Hall–Kier alpha value is -2.78. The molecule has 29 heavy (non-hydrogen) atoms. The molecular formula is C23H23F2NO3. The van der Waals surface area contributed by atoms with Gasteiger partial charge in [0.15, 0.2) is 11.6 Å². The van der Waals surface area contributed by atoms with Crippen LogP contribution in [0.5, 0.6) is 5.75 Å². The number of benzene rings is 2. The second-order valence-electron chi connectivity index (χ2n) is 7.21. The number of carbonyl (C=O) groups is 1. The molecule has 1 aliphatic carbocycles. The second-order valence-corrected chi connectivity index (χ2v) is 7.21. The van der Waals surface area contributed by atoms with Crippen molar-refractivity contribution in [2.45, 2.75) is 51.0 Å². The van der Waals surface area contributed by atoms with Crippen LogP contribution < -0.4 is 4.74 Å². The summed E-state index contributed by atoms with van der Waals surface area (Å²) in [7, 11) is 0. The van der Waals surface area contributed by atoms with Crippen LogP contribution in [0.4, 0.5) is 8.78 Å². The van der Waals surface area contributed by atoms with Gasteiger partial charge in [0.2, 0.25) is 5.82 Å². The minimum Gasteiger partial charge on any atom is -0.420 e. The summed E-state index contributed by atoms with van der Waals surface area (Å²) in [5.74, 6) is -3.58. The van der Waals surface area contributed by atoms with Crippen molar-refractivity contribution in [3.05, 3.63) is 64.7 Å². The molecule has 0 heterocycles. The molecule has 0 unspecified atom stereocenters. The zero-order valence-corrected chi connectivity index (χ0v) is 16.3. The van der Waals surface area contributed by atoms with Crippen molar-refractivity contribution >= 4 is 5.97 Å². The van der Waals surface area contributed by atoms with Crippen molar-refractivity contribution in [3.63, 3.8) is 0 Å². The van der Waals surface area contributed by atoms with Gasteiger partial charge in [-0.15, -0.1) is 0 Å². The van der Waals surface area contributed by atoms with Gasteiger partial charge < -0.3 is 9.47 Å². The van der Waals surface area contributed by atoms with E-state index in [0.717, 1.165) is 56.4 Å². The lowest BCUT2D eigenvalue weighted by molar-refractivity contribution is 0.0251. The molecule has 4 nitrogen and oxygen atoms in total. The smallest absolute Gasteiger partial charge is 0.343 e. The molecule has 0 saturated heterocycles. The van der Waals surface area contributed by atoms with Gasteiger partial charge >= 0.3 is 5.97 Å². The third kappa shape index (κ3) is 4.99. The molecule has 152 valence electrons. The maximum atomic E-state index is 13.9. The summed E-state index contributed by atoms with van der Waals surface area (Å²) in [6, 6.07) is 10.7.